The van der Waals surface area contributed by atoms with Gasteiger partial charge in [-0.2, -0.15) is 10.6 Å². The summed E-state index contributed by atoms with van der Waals surface area (Å²) in [5.41, 5.74) is 0. The van der Waals surface area contributed by atoms with Gasteiger partial charge < -0.3 is 18.0 Å². The lowest BCUT2D eigenvalue weighted by Crippen LogP contribution is -2.04. The molecular weight excluding hydrogens is 166 g/mol. The summed E-state index contributed by atoms with van der Waals surface area (Å²) in [5, 5.41) is 0. The molecule has 0 radical (unpaired) electrons. The second-order valence-electron chi connectivity index (χ2n) is 1.88. The highest BCUT2D eigenvalue weighted by molar-refractivity contribution is 7.73. The molecule has 0 aromatic heterocycles. The predicted octanol–water partition coefficient (Wildman–Crippen LogP) is 0.427. The highest BCUT2D eigenvalue weighted by Gasteiger charge is 1.83. The molecule has 68 valence electrons. The minimum Gasteiger partial charge on any atom is -0.445 e. The average molecular weight is 180 g/mol. The van der Waals surface area contributed by atoms with E-state index in [0.717, 1.165) is 0 Å². The minimum absolute atomic E-state index is 0.493. The van der Waals surface area contributed by atoms with Gasteiger partial charge in [-0.3, -0.25) is 0 Å². The molecule has 0 N–H and O–H groups in total. The number of hydrogen-bond acceptors (Lipinski definition) is 5. The first-order chi connectivity index (χ1) is 5.27. The van der Waals surface area contributed by atoms with Crippen LogP contribution in [0.2, 0.25) is 0 Å². The van der Waals surface area contributed by atoms with Crippen molar-refractivity contribution in [2.24, 2.45) is 4.36 Å². The monoisotopic (exact) mass is 180 g/mol. The fraction of sp³-hybridized carbons (Fsp3) is 1.00. The Morgan fingerprint density at radius 1 is 1.36 bits per heavy atom. The van der Waals surface area contributed by atoms with Crippen molar-refractivity contribution in [3.05, 3.63) is 0 Å². The number of hydrogen-bond donors (Lipinski definition) is 0. The topological polar surface area (TPSA) is 47.9 Å². The molecule has 0 spiro atoms. The van der Waals surface area contributed by atoms with E-state index in [0.29, 0.717) is 26.4 Å². The normalized spacial score (nSPS) is 13.6. The zero-order valence-electron chi connectivity index (χ0n) is 6.91. The van der Waals surface area contributed by atoms with Crippen LogP contribution in [0.1, 0.15) is 0 Å². The van der Waals surface area contributed by atoms with Gasteiger partial charge in [0.05, 0.1) is 19.8 Å². The van der Waals surface area contributed by atoms with E-state index >= 15 is 0 Å². The van der Waals surface area contributed by atoms with Gasteiger partial charge in [-0.25, -0.2) is 0 Å². The van der Waals surface area contributed by atoms with E-state index in [1.165, 1.54) is 6.26 Å². The number of nitrogens with zero attached hydrogens (tertiary/aromatic N) is 1. The smallest absolute Gasteiger partial charge is 0.0701 e. The van der Waals surface area contributed by atoms with Crippen molar-refractivity contribution in [3.63, 3.8) is 0 Å². The first-order valence-corrected chi connectivity index (χ1v) is 4.86. The molecule has 0 heterocycles. The van der Waals surface area contributed by atoms with Crippen LogP contribution in [-0.2, 0) is 24.3 Å². The molecule has 0 aromatic rings. The second kappa shape index (κ2) is 7.97. The zero-order valence-corrected chi connectivity index (χ0v) is 7.73. The molecule has 0 saturated heterocycles. The van der Waals surface area contributed by atoms with Gasteiger partial charge >= 0.3 is 0 Å². The third kappa shape index (κ3) is 9.87. The van der Waals surface area contributed by atoms with E-state index in [4.69, 9.17) is 9.47 Å². The quantitative estimate of drug-likeness (QED) is 0.440. The Bertz CT molecular complexity index is 154. The van der Waals surface area contributed by atoms with Gasteiger partial charge in [0, 0.05) is 13.7 Å². The van der Waals surface area contributed by atoms with Crippen molar-refractivity contribution in [1.82, 2.24) is 0 Å². The van der Waals surface area contributed by atoms with Crippen LogP contribution in [0, 0.1) is 0 Å². The van der Waals surface area contributed by atoms with E-state index in [9.17, 15) is 4.21 Å². The Balaban J connectivity index is 3.03. The number of rotatable bonds is 6. The average Bonchev–Trinajstić information content (AvgIpc) is 1.96. The fourth-order valence-electron chi connectivity index (χ4n) is 0.475. The highest BCUT2D eigenvalue weighted by atomic mass is 32.2. The fourth-order valence-corrected chi connectivity index (χ4v) is 0.806. The van der Waals surface area contributed by atoms with Crippen molar-refractivity contribution in [2.45, 2.75) is 0 Å². The molecule has 11 heavy (non-hydrogen) atoms. The molecular formula is C6H14NO3S-. The lowest BCUT2D eigenvalue weighted by molar-refractivity contribution is 0.0750. The van der Waals surface area contributed by atoms with Crippen molar-refractivity contribution in [1.29, 1.82) is 0 Å². The zero-order chi connectivity index (χ0) is 8.53. The SMILES string of the molecule is COCCOCCN=[S-](C)=O. The van der Waals surface area contributed by atoms with Crippen LogP contribution in [0.25, 0.3) is 0 Å². The molecule has 0 rings (SSSR count). The summed E-state index contributed by atoms with van der Waals surface area (Å²) in [4.78, 5) is 0. The van der Waals surface area contributed by atoms with E-state index < -0.39 is 10.6 Å². The summed E-state index contributed by atoms with van der Waals surface area (Å²) in [7, 11) is 0.561. The summed E-state index contributed by atoms with van der Waals surface area (Å²) < 4.78 is 24.0. The van der Waals surface area contributed by atoms with E-state index in [1.807, 2.05) is 0 Å². The van der Waals surface area contributed by atoms with Gasteiger partial charge in [-0.15, -0.1) is 6.26 Å². The summed E-state index contributed by atoms with van der Waals surface area (Å²) in [6.45, 7) is 2.17. The summed E-state index contributed by atoms with van der Waals surface area (Å²) in [5.74, 6) is 0. The molecule has 0 aliphatic rings. The first kappa shape index (κ1) is 10.9. The third-order valence-corrected chi connectivity index (χ3v) is 1.49. The maximum absolute atomic E-state index is 10.4. The van der Waals surface area contributed by atoms with Crippen LogP contribution < -0.4 is 0 Å². The van der Waals surface area contributed by atoms with E-state index in [-0.39, 0.29) is 0 Å². The van der Waals surface area contributed by atoms with Crippen LogP contribution in [0.3, 0.4) is 0 Å². The first-order valence-electron chi connectivity index (χ1n) is 3.35. The van der Waals surface area contributed by atoms with Crippen LogP contribution >= 0.6 is 0 Å². The van der Waals surface area contributed by atoms with E-state index in [2.05, 4.69) is 4.36 Å². The molecule has 0 aliphatic carbocycles. The van der Waals surface area contributed by atoms with E-state index in [1.54, 1.807) is 7.11 Å². The molecule has 5 heteroatoms. The third-order valence-electron chi connectivity index (χ3n) is 0.941. The Morgan fingerprint density at radius 3 is 2.64 bits per heavy atom. The van der Waals surface area contributed by atoms with Crippen molar-refractivity contribution in [3.8, 4) is 0 Å². The molecule has 0 saturated carbocycles. The maximum atomic E-state index is 10.4. The van der Waals surface area contributed by atoms with Crippen molar-refractivity contribution >= 4 is 10.6 Å². The Morgan fingerprint density at radius 2 is 2.09 bits per heavy atom. The second-order valence-corrected chi connectivity index (χ2v) is 2.99. The lowest BCUT2D eigenvalue weighted by atomic mass is 10.7. The molecule has 4 nitrogen and oxygen atoms in total. The number of methoxy groups -OCH3 is 1. The van der Waals surface area contributed by atoms with Gasteiger partial charge in [0.2, 0.25) is 0 Å². The summed E-state index contributed by atoms with van der Waals surface area (Å²) in [6, 6.07) is 0. The van der Waals surface area contributed by atoms with Crippen LogP contribution in [-0.4, -0.2) is 39.7 Å². The van der Waals surface area contributed by atoms with Crippen LogP contribution in [0.15, 0.2) is 4.36 Å². The van der Waals surface area contributed by atoms with Gasteiger partial charge in [0.15, 0.2) is 0 Å². The Hall–Kier alpha value is -0.130. The van der Waals surface area contributed by atoms with Gasteiger partial charge in [0.25, 0.3) is 0 Å². The number of ether oxygens (including phenoxy) is 2. The summed E-state index contributed by atoms with van der Waals surface area (Å²) >= 11 is 0. The summed E-state index contributed by atoms with van der Waals surface area (Å²) in [6.07, 6.45) is 1.54. The molecule has 0 amide bonds. The van der Waals surface area contributed by atoms with Crippen molar-refractivity contribution in [2.75, 3.05) is 39.7 Å². The molecule has 0 aromatic carbocycles. The molecule has 0 aliphatic heterocycles. The van der Waals surface area contributed by atoms with Crippen molar-refractivity contribution < 1.29 is 13.7 Å². The Kier molecular flexibility index (Phi) is 7.88. The minimum atomic E-state index is -1.06. The predicted molar refractivity (Wildman–Crippen MR) is 44.0 cm³/mol. The standard InChI is InChI=1S/C6H14NO3S/c1-9-5-6-10-4-3-7-11(2)8/h3-6H2,1-2H3/q-1. The molecule has 0 atom stereocenters. The molecule has 0 fully saturated rings. The maximum Gasteiger partial charge on any atom is 0.0701 e. The van der Waals surface area contributed by atoms with Crippen LogP contribution in [0.5, 0.6) is 0 Å². The largest absolute Gasteiger partial charge is 0.445 e. The van der Waals surface area contributed by atoms with Crippen LogP contribution in [0.4, 0.5) is 0 Å². The van der Waals surface area contributed by atoms with Gasteiger partial charge in [-0.05, 0) is 0 Å². The Labute approximate surface area is 69.1 Å². The lowest BCUT2D eigenvalue weighted by Gasteiger charge is -2.01. The highest BCUT2D eigenvalue weighted by Crippen LogP contribution is 1.78. The molecule has 0 unspecified atom stereocenters. The van der Waals surface area contributed by atoms with Gasteiger partial charge in [-0.1, -0.05) is 0 Å². The molecule has 0 bridgehead atoms. The van der Waals surface area contributed by atoms with Gasteiger partial charge in [0.1, 0.15) is 0 Å².